The largest absolute Gasteiger partial charge is 0.349 e. The molecule has 4 aromatic carbocycles. The van der Waals surface area contributed by atoms with Crippen LogP contribution in [0.5, 0.6) is 0 Å². The van der Waals surface area contributed by atoms with Gasteiger partial charge in [0, 0.05) is 56.2 Å². The number of nitrogens with one attached hydrogen (secondary N) is 2. The first-order valence-electron chi connectivity index (χ1n) is 21.7. The van der Waals surface area contributed by atoms with Crippen molar-refractivity contribution in [1.82, 2.24) is 19.9 Å². The molecular weight excluding hydrogens is 794 g/mol. The van der Waals surface area contributed by atoms with E-state index in [1.165, 1.54) is 41.8 Å². The molecule has 306 valence electrons. The number of benzene rings is 4. The van der Waals surface area contributed by atoms with Crippen molar-refractivity contribution in [2.45, 2.75) is 115 Å². The Balaban J connectivity index is 1.27. The molecule has 0 saturated heterocycles. The Bertz CT molecular complexity index is 1830. The van der Waals surface area contributed by atoms with Gasteiger partial charge in [0.15, 0.2) is 0 Å². The van der Waals surface area contributed by atoms with E-state index in [9.17, 15) is 0 Å². The molecule has 4 nitrogen and oxygen atoms in total. The van der Waals surface area contributed by atoms with Crippen LogP contribution in [0.2, 0.25) is 12.6 Å². The number of H-pyrrole nitrogens is 2. The first-order chi connectivity index (χ1) is 29.1. The Morgan fingerprint density at radius 2 is 0.797 bits per heavy atom. The SMILES string of the molecule is CCCSc1cccc(C(c2cccc(SCCC)c2)C([B]CCC[B]C(c2ncc[nH]2)C(c2cccc(SCCC)c2)c2cccc(SCCC)c2)c2ncc[nH]2)c1. The summed E-state index contributed by atoms with van der Waals surface area (Å²) in [5.41, 5.74) is 5.36. The quantitative estimate of drug-likeness (QED) is 0.0322. The van der Waals surface area contributed by atoms with Crippen molar-refractivity contribution in [2.24, 2.45) is 0 Å². The molecule has 2 unspecified atom stereocenters. The average molecular weight is 855 g/mol. The van der Waals surface area contributed by atoms with Crippen molar-refractivity contribution in [3.63, 3.8) is 0 Å². The Labute approximate surface area is 373 Å². The predicted octanol–water partition coefficient (Wildman–Crippen LogP) is 14.2. The molecule has 2 N–H and O–H groups in total. The maximum Gasteiger partial charge on any atom is 0.124 e. The molecule has 0 spiro atoms. The van der Waals surface area contributed by atoms with Gasteiger partial charge in [-0.1, -0.05) is 95.3 Å². The van der Waals surface area contributed by atoms with Crippen LogP contribution in [0.15, 0.2) is 141 Å². The molecule has 0 aliphatic carbocycles. The lowest BCUT2D eigenvalue weighted by atomic mass is 9.50. The first kappa shape index (κ1) is 45.4. The monoisotopic (exact) mass is 854 g/mol. The number of thioether (sulfide) groups is 4. The van der Waals surface area contributed by atoms with Crippen LogP contribution in [-0.2, 0) is 0 Å². The molecule has 59 heavy (non-hydrogen) atoms. The van der Waals surface area contributed by atoms with Crippen molar-refractivity contribution >= 4 is 61.6 Å². The minimum Gasteiger partial charge on any atom is -0.349 e. The molecule has 2 aromatic heterocycles. The number of aromatic amines is 2. The lowest BCUT2D eigenvalue weighted by Crippen LogP contribution is -2.22. The minimum atomic E-state index is 0.0863. The lowest BCUT2D eigenvalue weighted by molar-refractivity contribution is 0.715. The second kappa shape index (κ2) is 24.9. The van der Waals surface area contributed by atoms with E-state index in [1.807, 2.05) is 71.8 Å². The van der Waals surface area contributed by atoms with Gasteiger partial charge in [0.25, 0.3) is 0 Å². The van der Waals surface area contributed by atoms with Crippen LogP contribution in [0.25, 0.3) is 0 Å². The number of nitrogens with zero attached hydrogens (tertiary/aromatic N) is 2. The van der Waals surface area contributed by atoms with E-state index < -0.39 is 0 Å². The summed E-state index contributed by atoms with van der Waals surface area (Å²) < 4.78 is 0. The van der Waals surface area contributed by atoms with Crippen LogP contribution in [0.1, 0.15) is 117 Å². The summed E-state index contributed by atoms with van der Waals surface area (Å²) in [7, 11) is 5.08. The van der Waals surface area contributed by atoms with Gasteiger partial charge in [0.1, 0.15) is 26.2 Å². The van der Waals surface area contributed by atoms with E-state index in [0.717, 1.165) is 79.4 Å². The highest BCUT2D eigenvalue weighted by Gasteiger charge is 2.31. The van der Waals surface area contributed by atoms with E-state index in [1.54, 1.807) is 0 Å². The van der Waals surface area contributed by atoms with Crippen LogP contribution in [-0.4, -0.2) is 57.5 Å². The molecular formula is C49H60B2N4S4. The summed E-state index contributed by atoms with van der Waals surface area (Å²) in [4.78, 5) is 22.2. The van der Waals surface area contributed by atoms with Gasteiger partial charge in [-0.15, -0.1) is 47.0 Å². The third kappa shape index (κ3) is 13.4. The summed E-state index contributed by atoms with van der Waals surface area (Å²) in [6, 6.07) is 37.0. The minimum absolute atomic E-state index is 0.0863. The standard InChI is InChI=1S/C49H60B2N4S4/c1-5-28-56-40-18-9-14-36(32-40)44(37-15-10-19-41(33-37)57-29-6-2)46(48-52-24-25-53-48)50-22-13-23-51-47(49-54-26-27-55-49)45(38-16-11-20-42(34-38)58-30-7-3)39-17-12-21-43(35-39)59-31-8-4/h9-12,14-21,24-27,32-35,44-47H,5-8,13,22-23,28-31H2,1-4H3,(H,52,53)(H,54,55). The van der Waals surface area contributed by atoms with Crippen LogP contribution in [0.4, 0.5) is 0 Å². The molecule has 0 aliphatic heterocycles. The molecule has 6 aromatic rings. The zero-order chi connectivity index (χ0) is 41.1. The second-order valence-electron chi connectivity index (χ2n) is 15.0. The third-order valence-corrected chi connectivity index (χ3v) is 15.2. The third-order valence-electron chi connectivity index (χ3n) is 10.4. The zero-order valence-electron chi connectivity index (χ0n) is 35.3. The molecule has 0 amide bonds. The van der Waals surface area contributed by atoms with Gasteiger partial charge in [-0.05, 0) is 131 Å². The van der Waals surface area contributed by atoms with Crippen molar-refractivity contribution < 1.29 is 0 Å². The number of imidazole rings is 2. The van der Waals surface area contributed by atoms with Crippen molar-refractivity contribution in [3.8, 4) is 0 Å². The highest BCUT2D eigenvalue weighted by Crippen LogP contribution is 2.42. The van der Waals surface area contributed by atoms with Gasteiger partial charge in [-0.2, -0.15) is 0 Å². The first-order valence-corrected chi connectivity index (χ1v) is 25.6. The maximum absolute atomic E-state index is 4.91. The van der Waals surface area contributed by atoms with E-state index in [4.69, 9.17) is 9.97 Å². The number of rotatable bonds is 26. The number of hydrogen-bond acceptors (Lipinski definition) is 6. The lowest BCUT2D eigenvalue weighted by Gasteiger charge is -2.28. The van der Waals surface area contributed by atoms with Gasteiger partial charge < -0.3 is 9.97 Å². The van der Waals surface area contributed by atoms with E-state index in [2.05, 4.69) is 149 Å². The van der Waals surface area contributed by atoms with E-state index in [0.29, 0.717) is 0 Å². The molecule has 10 heteroatoms. The molecule has 2 atom stereocenters. The summed E-state index contributed by atoms with van der Waals surface area (Å²) in [5.74, 6) is 6.95. The molecule has 2 radical (unpaired) electrons. The fourth-order valence-corrected chi connectivity index (χ4v) is 11.1. The van der Waals surface area contributed by atoms with Gasteiger partial charge in [-0.25, -0.2) is 9.97 Å². The zero-order valence-corrected chi connectivity index (χ0v) is 38.6. The summed E-state index contributed by atoms with van der Waals surface area (Å²) in [6.07, 6.45) is 15.4. The van der Waals surface area contributed by atoms with E-state index >= 15 is 0 Å². The Kier molecular flexibility index (Phi) is 19.2. The van der Waals surface area contributed by atoms with Crippen LogP contribution < -0.4 is 0 Å². The molecule has 6 rings (SSSR count). The number of hydrogen-bond donors (Lipinski definition) is 2. The Hall–Kier alpha value is -3.17. The molecule has 0 bridgehead atoms. The van der Waals surface area contributed by atoms with Crippen molar-refractivity contribution in [2.75, 3.05) is 23.0 Å². The molecule has 2 heterocycles. The van der Waals surface area contributed by atoms with Gasteiger partial charge in [-0.3, -0.25) is 0 Å². The van der Waals surface area contributed by atoms with Gasteiger partial charge in [0.2, 0.25) is 0 Å². The highest BCUT2D eigenvalue weighted by atomic mass is 32.2. The van der Waals surface area contributed by atoms with Crippen LogP contribution >= 0.6 is 47.0 Å². The Morgan fingerprint density at radius 3 is 1.07 bits per heavy atom. The maximum atomic E-state index is 4.91. The van der Waals surface area contributed by atoms with Gasteiger partial charge >= 0.3 is 0 Å². The summed E-state index contributed by atoms with van der Waals surface area (Å²) in [5, 5.41) is 0. The van der Waals surface area contributed by atoms with E-state index in [-0.39, 0.29) is 23.5 Å². The predicted molar refractivity (Wildman–Crippen MR) is 262 cm³/mol. The number of aromatic nitrogens is 4. The topological polar surface area (TPSA) is 57.4 Å². The highest BCUT2D eigenvalue weighted by molar-refractivity contribution is 8.00. The summed E-state index contributed by atoms with van der Waals surface area (Å²) in [6.45, 7) is 9.02. The molecule has 0 aliphatic rings. The van der Waals surface area contributed by atoms with Crippen LogP contribution in [0.3, 0.4) is 0 Å². The fourth-order valence-electron chi connectivity index (χ4n) is 7.73. The van der Waals surface area contributed by atoms with Crippen LogP contribution in [0, 0.1) is 0 Å². The average Bonchev–Trinajstić information content (AvgIpc) is 4.02. The Morgan fingerprint density at radius 1 is 0.475 bits per heavy atom. The molecule has 0 fully saturated rings. The van der Waals surface area contributed by atoms with Crippen molar-refractivity contribution in [1.29, 1.82) is 0 Å². The van der Waals surface area contributed by atoms with Crippen molar-refractivity contribution in [3.05, 3.63) is 156 Å². The normalized spacial score (nSPS) is 12.6. The second-order valence-corrected chi connectivity index (χ2v) is 19.7. The summed E-state index contributed by atoms with van der Waals surface area (Å²) >= 11 is 7.81. The smallest absolute Gasteiger partial charge is 0.124 e. The fraction of sp³-hybridized carbons (Fsp3) is 0.388. The van der Waals surface area contributed by atoms with Gasteiger partial charge in [0.05, 0.1) is 0 Å². The molecule has 0 saturated carbocycles.